The average molecular weight is 674 g/mol. The molecular weight excluding hydrogens is 622 g/mol. The molecule has 3 fully saturated rings. The van der Waals surface area contributed by atoms with Crippen LogP contribution in [-0.2, 0) is 34.9 Å². The van der Waals surface area contributed by atoms with Gasteiger partial charge in [0.05, 0.1) is 12.7 Å². The van der Waals surface area contributed by atoms with Crippen LogP contribution in [0.4, 0.5) is 5.69 Å². The SMILES string of the molecule is CCCCC[C@H](O)c1ccc(N2C(=O)CC[C@@H]2CCCc2ccc(C(=O)OC[C@H](O)[C@H]3OC(C)(C)O[C@@H]3[C@H]3COC(C)(C)O3)s2)cc1. The summed E-state index contributed by atoms with van der Waals surface area (Å²) in [6.45, 7) is 9.41. The zero-order valence-corrected chi connectivity index (χ0v) is 29.1. The lowest BCUT2D eigenvalue weighted by Gasteiger charge is -2.26. The van der Waals surface area contributed by atoms with Crippen molar-refractivity contribution in [1.82, 2.24) is 0 Å². The van der Waals surface area contributed by atoms with Crippen LogP contribution in [0.15, 0.2) is 36.4 Å². The maximum atomic E-state index is 12.9. The van der Waals surface area contributed by atoms with E-state index in [2.05, 4.69) is 6.92 Å². The third-order valence-electron chi connectivity index (χ3n) is 9.11. The number of anilines is 1. The topological polar surface area (TPSA) is 124 Å². The molecule has 2 N–H and O–H groups in total. The molecule has 0 spiro atoms. The number of ether oxygens (including phenoxy) is 5. The molecule has 11 heteroatoms. The molecule has 0 bridgehead atoms. The summed E-state index contributed by atoms with van der Waals surface area (Å²) < 4.78 is 29.1. The van der Waals surface area contributed by atoms with Crippen LogP contribution in [0.3, 0.4) is 0 Å². The second-order valence-corrected chi connectivity index (χ2v) is 15.0. The van der Waals surface area contributed by atoms with Crippen molar-refractivity contribution in [3.05, 3.63) is 51.7 Å². The summed E-state index contributed by atoms with van der Waals surface area (Å²) in [5.74, 6) is -2.04. The van der Waals surface area contributed by atoms with Gasteiger partial charge in [-0.05, 0) is 89.6 Å². The first-order valence-corrected chi connectivity index (χ1v) is 17.9. The van der Waals surface area contributed by atoms with Gasteiger partial charge in [0.25, 0.3) is 0 Å². The second-order valence-electron chi connectivity index (χ2n) is 13.8. The van der Waals surface area contributed by atoms with E-state index >= 15 is 0 Å². The molecule has 47 heavy (non-hydrogen) atoms. The number of amides is 1. The number of hydrogen-bond acceptors (Lipinski definition) is 10. The fourth-order valence-electron chi connectivity index (χ4n) is 6.72. The number of carbonyl (C=O) groups is 2. The average Bonchev–Trinajstić information content (AvgIpc) is 3.81. The minimum Gasteiger partial charge on any atom is -0.459 e. The van der Waals surface area contributed by atoms with E-state index < -0.39 is 48.1 Å². The number of benzene rings is 1. The van der Waals surface area contributed by atoms with Crippen LogP contribution in [0.5, 0.6) is 0 Å². The molecule has 0 radical (unpaired) electrons. The first-order chi connectivity index (χ1) is 22.4. The summed E-state index contributed by atoms with van der Waals surface area (Å²) in [4.78, 5) is 29.1. The van der Waals surface area contributed by atoms with Gasteiger partial charge in [0.1, 0.15) is 35.9 Å². The van der Waals surface area contributed by atoms with E-state index in [0.29, 0.717) is 17.9 Å². The third kappa shape index (κ3) is 9.20. The molecule has 4 heterocycles. The summed E-state index contributed by atoms with van der Waals surface area (Å²) in [5, 5.41) is 21.5. The van der Waals surface area contributed by atoms with Crippen LogP contribution in [0, 0.1) is 0 Å². The van der Waals surface area contributed by atoms with Gasteiger partial charge in [-0.15, -0.1) is 11.3 Å². The molecule has 5 rings (SSSR count). The summed E-state index contributed by atoms with van der Waals surface area (Å²) in [7, 11) is 0. The Kier molecular flexibility index (Phi) is 11.8. The highest BCUT2D eigenvalue weighted by atomic mass is 32.1. The molecule has 10 nitrogen and oxygen atoms in total. The minimum absolute atomic E-state index is 0.122. The molecule has 1 amide bonds. The van der Waals surface area contributed by atoms with E-state index in [4.69, 9.17) is 23.7 Å². The van der Waals surface area contributed by atoms with E-state index in [1.54, 1.807) is 19.9 Å². The van der Waals surface area contributed by atoms with Crippen molar-refractivity contribution in [3.63, 3.8) is 0 Å². The van der Waals surface area contributed by atoms with Crippen LogP contribution >= 0.6 is 11.3 Å². The van der Waals surface area contributed by atoms with Gasteiger partial charge >= 0.3 is 5.97 Å². The number of rotatable bonds is 15. The Morgan fingerprint density at radius 1 is 1.02 bits per heavy atom. The molecule has 2 aromatic rings. The van der Waals surface area contributed by atoms with Crippen molar-refractivity contribution in [2.24, 2.45) is 0 Å². The molecule has 3 aliphatic rings. The van der Waals surface area contributed by atoms with Crippen molar-refractivity contribution >= 4 is 28.9 Å². The van der Waals surface area contributed by atoms with Crippen LogP contribution in [-0.4, -0.2) is 77.3 Å². The molecular formula is C36H51NO9S. The quantitative estimate of drug-likeness (QED) is 0.171. The number of carbonyl (C=O) groups excluding carboxylic acids is 2. The fourth-order valence-corrected chi connectivity index (χ4v) is 7.67. The molecule has 0 saturated carbocycles. The summed E-state index contributed by atoms with van der Waals surface area (Å²) >= 11 is 1.38. The first kappa shape index (κ1) is 35.9. The van der Waals surface area contributed by atoms with Gasteiger partial charge in [-0.25, -0.2) is 4.79 Å². The van der Waals surface area contributed by atoms with Gasteiger partial charge in [-0.1, -0.05) is 38.3 Å². The predicted molar refractivity (Wildman–Crippen MR) is 178 cm³/mol. The molecule has 260 valence electrons. The number of unbranched alkanes of at least 4 members (excludes halogenated alkanes) is 2. The van der Waals surface area contributed by atoms with Crippen molar-refractivity contribution in [1.29, 1.82) is 0 Å². The molecule has 6 atom stereocenters. The number of hydrogen-bond donors (Lipinski definition) is 2. The highest BCUT2D eigenvalue weighted by Gasteiger charge is 2.52. The molecule has 3 saturated heterocycles. The van der Waals surface area contributed by atoms with Crippen LogP contribution in [0.2, 0.25) is 0 Å². The zero-order chi connectivity index (χ0) is 33.8. The molecule has 0 aliphatic carbocycles. The van der Waals surface area contributed by atoms with Gasteiger partial charge in [-0.3, -0.25) is 4.79 Å². The maximum absolute atomic E-state index is 12.9. The number of thiophene rings is 1. The van der Waals surface area contributed by atoms with Crippen molar-refractivity contribution in [2.45, 2.75) is 141 Å². The number of nitrogens with zero attached hydrogens (tertiary/aromatic N) is 1. The molecule has 1 aromatic heterocycles. The fraction of sp³-hybridized carbons (Fsp3) is 0.667. The van der Waals surface area contributed by atoms with E-state index in [9.17, 15) is 19.8 Å². The lowest BCUT2D eigenvalue weighted by Crippen LogP contribution is -2.45. The van der Waals surface area contributed by atoms with Gasteiger partial charge in [-0.2, -0.15) is 0 Å². The van der Waals surface area contributed by atoms with E-state index in [1.165, 1.54) is 11.3 Å². The second kappa shape index (κ2) is 15.4. The van der Waals surface area contributed by atoms with Crippen molar-refractivity contribution in [3.8, 4) is 0 Å². The predicted octanol–water partition coefficient (Wildman–Crippen LogP) is 6.07. The molecule has 0 unspecified atom stereocenters. The van der Waals surface area contributed by atoms with Crippen LogP contribution < -0.4 is 4.90 Å². The number of aryl methyl sites for hydroxylation is 1. The Hall–Kier alpha value is -2.38. The largest absolute Gasteiger partial charge is 0.459 e. The Morgan fingerprint density at radius 3 is 2.49 bits per heavy atom. The normalized spacial score (nSPS) is 26.5. The number of aliphatic hydroxyl groups excluding tert-OH is 2. The maximum Gasteiger partial charge on any atom is 0.348 e. The van der Waals surface area contributed by atoms with Gasteiger partial charge in [0.15, 0.2) is 11.6 Å². The standard InChI is InChI=1S/C36H51NO9S/c1-6-7-8-12-27(38)23-13-15-25(16-14-23)37-24(17-20-31(37)40)10-9-11-26-18-19-30(47-26)34(41)42-21-28(39)32-33(46-36(4,5)45-32)29-22-43-35(2,3)44-29/h13-16,18-19,24,27-29,32-33,38-39H,6-12,17,20-22H2,1-5H3/t24-,27-,28-,29+,32+,33+/m0/s1. The van der Waals surface area contributed by atoms with E-state index in [-0.39, 0.29) is 18.6 Å². The molecule has 3 aliphatic heterocycles. The summed E-state index contributed by atoms with van der Waals surface area (Å²) in [6.07, 6.45) is 4.50. The lowest BCUT2D eigenvalue weighted by atomic mass is 10.0. The first-order valence-electron chi connectivity index (χ1n) is 17.1. The third-order valence-corrected chi connectivity index (χ3v) is 10.2. The highest BCUT2D eigenvalue weighted by molar-refractivity contribution is 7.13. The molecule has 1 aromatic carbocycles. The Bertz CT molecular complexity index is 1340. The monoisotopic (exact) mass is 673 g/mol. The lowest BCUT2D eigenvalue weighted by molar-refractivity contribution is -0.175. The van der Waals surface area contributed by atoms with Gasteiger partial charge in [0.2, 0.25) is 5.91 Å². The Labute approximate surface area is 282 Å². The van der Waals surface area contributed by atoms with Gasteiger partial charge < -0.3 is 38.8 Å². The highest BCUT2D eigenvalue weighted by Crippen LogP contribution is 2.37. The van der Waals surface area contributed by atoms with Crippen molar-refractivity contribution < 1.29 is 43.5 Å². The zero-order valence-electron chi connectivity index (χ0n) is 28.3. The van der Waals surface area contributed by atoms with E-state index in [0.717, 1.165) is 67.5 Å². The van der Waals surface area contributed by atoms with E-state index in [1.807, 2.05) is 49.1 Å². The van der Waals surface area contributed by atoms with Gasteiger partial charge in [0, 0.05) is 23.0 Å². The number of esters is 1. The van der Waals surface area contributed by atoms with Crippen molar-refractivity contribution in [2.75, 3.05) is 18.1 Å². The van der Waals surface area contributed by atoms with Crippen LogP contribution in [0.1, 0.15) is 112 Å². The van der Waals surface area contributed by atoms with Crippen LogP contribution in [0.25, 0.3) is 0 Å². The Balaban J connectivity index is 1.08. The minimum atomic E-state index is -1.11. The summed E-state index contributed by atoms with van der Waals surface area (Å²) in [5.41, 5.74) is 1.77. The number of aliphatic hydroxyl groups is 2. The smallest absolute Gasteiger partial charge is 0.348 e. The summed E-state index contributed by atoms with van der Waals surface area (Å²) in [6, 6.07) is 11.6. The Morgan fingerprint density at radius 2 is 1.79 bits per heavy atom.